The van der Waals surface area contributed by atoms with Crippen LogP contribution in [0.5, 0.6) is 0 Å². The Morgan fingerprint density at radius 2 is 1.47 bits per heavy atom. The zero-order chi connectivity index (χ0) is 14.2. The van der Waals surface area contributed by atoms with Crippen LogP contribution in [-0.2, 0) is 0 Å². The number of alkyl halides is 1. The molecule has 0 aromatic heterocycles. The zero-order valence-electron chi connectivity index (χ0n) is 9.23. The third-order valence-electron chi connectivity index (χ3n) is 2.57. The highest BCUT2D eigenvalue weighted by Gasteiger charge is 2.21. The van der Waals surface area contributed by atoms with E-state index in [1.807, 2.05) is 0 Å². The number of rotatable bonds is 2. The number of benzene rings is 2. The Balaban J connectivity index is 2.53. The van der Waals surface area contributed by atoms with E-state index in [2.05, 4.69) is 0 Å². The molecule has 0 bridgehead atoms. The summed E-state index contributed by atoms with van der Waals surface area (Å²) >= 11 is 17.7. The fourth-order valence-corrected chi connectivity index (χ4v) is 2.58. The van der Waals surface area contributed by atoms with Crippen molar-refractivity contribution in [2.45, 2.75) is 5.38 Å². The van der Waals surface area contributed by atoms with E-state index in [1.54, 1.807) is 0 Å². The average Bonchev–Trinajstić information content (AvgIpc) is 2.36. The van der Waals surface area contributed by atoms with Crippen molar-refractivity contribution in [2.75, 3.05) is 0 Å². The molecule has 6 heteroatoms. The van der Waals surface area contributed by atoms with E-state index < -0.39 is 22.8 Å². The van der Waals surface area contributed by atoms with Crippen LogP contribution < -0.4 is 0 Å². The van der Waals surface area contributed by atoms with Crippen molar-refractivity contribution < 1.29 is 13.2 Å². The summed E-state index contributed by atoms with van der Waals surface area (Å²) in [5.74, 6) is -2.82. The molecule has 0 aliphatic carbocycles. The first-order chi connectivity index (χ1) is 8.91. The Bertz CT molecular complexity index is 629. The first-order valence-corrected chi connectivity index (χ1v) is 6.33. The Labute approximate surface area is 122 Å². The van der Waals surface area contributed by atoms with Gasteiger partial charge in [-0.15, -0.1) is 11.6 Å². The van der Waals surface area contributed by atoms with Crippen LogP contribution in [0.3, 0.4) is 0 Å². The predicted octanol–water partition coefficient (Wildman–Crippen LogP) is 5.74. The van der Waals surface area contributed by atoms with Gasteiger partial charge in [-0.3, -0.25) is 0 Å². The SMILES string of the molecule is Fc1cc(Cl)c(C(Cl)c2cccc(F)c2Cl)cc1F. The Morgan fingerprint density at radius 3 is 2.16 bits per heavy atom. The van der Waals surface area contributed by atoms with Gasteiger partial charge in [-0.2, -0.15) is 0 Å². The van der Waals surface area contributed by atoms with Crippen LogP contribution in [-0.4, -0.2) is 0 Å². The van der Waals surface area contributed by atoms with Gasteiger partial charge in [0.25, 0.3) is 0 Å². The topological polar surface area (TPSA) is 0 Å². The molecule has 0 heterocycles. The van der Waals surface area contributed by atoms with Gasteiger partial charge in [-0.05, 0) is 29.3 Å². The van der Waals surface area contributed by atoms with Gasteiger partial charge >= 0.3 is 0 Å². The maximum Gasteiger partial charge on any atom is 0.160 e. The third kappa shape index (κ3) is 2.83. The van der Waals surface area contributed by atoms with E-state index >= 15 is 0 Å². The van der Waals surface area contributed by atoms with Crippen molar-refractivity contribution in [1.82, 2.24) is 0 Å². The average molecular weight is 326 g/mol. The number of hydrogen-bond acceptors (Lipinski definition) is 0. The van der Waals surface area contributed by atoms with Crippen LogP contribution in [0.4, 0.5) is 13.2 Å². The summed E-state index contributed by atoms with van der Waals surface area (Å²) in [5, 5.41) is -1.21. The molecule has 0 saturated carbocycles. The highest BCUT2D eigenvalue weighted by molar-refractivity contribution is 6.35. The largest absolute Gasteiger partial charge is 0.205 e. The van der Waals surface area contributed by atoms with E-state index in [4.69, 9.17) is 34.8 Å². The lowest BCUT2D eigenvalue weighted by Crippen LogP contribution is -1.99. The molecule has 0 saturated heterocycles. The van der Waals surface area contributed by atoms with Crippen molar-refractivity contribution in [1.29, 1.82) is 0 Å². The molecular weight excluding hydrogens is 319 g/mol. The van der Waals surface area contributed by atoms with Gasteiger partial charge in [-0.25, -0.2) is 13.2 Å². The summed E-state index contributed by atoms with van der Waals surface area (Å²) in [6.07, 6.45) is 0. The second kappa shape index (κ2) is 5.61. The maximum atomic E-state index is 13.3. The van der Waals surface area contributed by atoms with Crippen LogP contribution in [0.1, 0.15) is 16.5 Å². The number of hydrogen-bond donors (Lipinski definition) is 0. The molecule has 0 spiro atoms. The minimum Gasteiger partial charge on any atom is -0.205 e. The second-order valence-electron chi connectivity index (χ2n) is 3.79. The molecule has 100 valence electrons. The normalized spacial score (nSPS) is 12.5. The highest BCUT2D eigenvalue weighted by atomic mass is 35.5. The lowest BCUT2D eigenvalue weighted by atomic mass is 10.0. The third-order valence-corrected chi connectivity index (χ3v) is 3.76. The molecular formula is C13H6Cl3F3. The van der Waals surface area contributed by atoms with E-state index in [-0.39, 0.29) is 21.2 Å². The summed E-state index contributed by atoms with van der Waals surface area (Å²) in [6, 6.07) is 5.76. The summed E-state index contributed by atoms with van der Waals surface area (Å²) in [5.41, 5.74) is 0.353. The molecule has 1 unspecified atom stereocenters. The predicted molar refractivity (Wildman–Crippen MR) is 70.5 cm³/mol. The molecule has 0 radical (unpaired) electrons. The van der Waals surface area contributed by atoms with Crippen molar-refractivity contribution in [3.63, 3.8) is 0 Å². The van der Waals surface area contributed by atoms with Gasteiger partial charge in [-0.1, -0.05) is 35.3 Å². The standard InChI is InChI=1S/C13H6Cl3F3/c14-8-5-11(19)10(18)4-7(8)12(15)6-2-1-3-9(17)13(6)16/h1-5,12H. The fourth-order valence-electron chi connectivity index (χ4n) is 1.62. The molecule has 2 aromatic carbocycles. The van der Waals surface area contributed by atoms with Gasteiger partial charge in [0.05, 0.1) is 10.4 Å². The van der Waals surface area contributed by atoms with Crippen LogP contribution in [0.2, 0.25) is 10.0 Å². The molecule has 0 amide bonds. The smallest absolute Gasteiger partial charge is 0.160 e. The lowest BCUT2D eigenvalue weighted by molar-refractivity contribution is 0.507. The van der Waals surface area contributed by atoms with Gasteiger partial charge in [0.1, 0.15) is 5.82 Å². The summed E-state index contributed by atoms with van der Waals surface area (Å²) < 4.78 is 39.5. The van der Waals surface area contributed by atoms with Crippen LogP contribution >= 0.6 is 34.8 Å². The van der Waals surface area contributed by atoms with Crippen molar-refractivity contribution in [3.05, 3.63) is 69.0 Å². The van der Waals surface area contributed by atoms with Crippen LogP contribution in [0.15, 0.2) is 30.3 Å². The molecule has 1 atom stereocenters. The van der Waals surface area contributed by atoms with Gasteiger partial charge in [0.15, 0.2) is 11.6 Å². The maximum absolute atomic E-state index is 13.3. The molecule has 2 aromatic rings. The highest BCUT2D eigenvalue weighted by Crippen LogP contribution is 2.38. The molecule has 2 rings (SSSR count). The summed E-state index contributed by atoms with van der Waals surface area (Å²) in [7, 11) is 0. The Kier molecular flexibility index (Phi) is 4.29. The number of halogens is 6. The van der Waals surface area contributed by atoms with Gasteiger partial charge in [0, 0.05) is 5.02 Å². The van der Waals surface area contributed by atoms with Gasteiger partial charge in [0.2, 0.25) is 0 Å². The van der Waals surface area contributed by atoms with Gasteiger partial charge < -0.3 is 0 Å². The minimum absolute atomic E-state index is 0.0563. The minimum atomic E-state index is -1.09. The van der Waals surface area contributed by atoms with Crippen LogP contribution in [0, 0.1) is 17.5 Å². The van der Waals surface area contributed by atoms with E-state index in [0.29, 0.717) is 0 Å². The van der Waals surface area contributed by atoms with E-state index in [0.717, 1.165) is 12.1 Å². The fraction of sp³-hybridized carbons (Fsp3) is 0.0769. The van der Waals surface area contributed by atoms with E-state index in [1.165, 1.54) is 18.2 Å². The Morgan fingerprint density at radius 1 is 0.842 bits per heavy atom. The molecule has 0 aliphatic heterocycles. The van der Waals surface area contributed by atoms with E-state index in [9.17, 15) is 13.2 Å². The van der Waals surface area contributed by atoms with Crippen molar-refractivity contribution >= 4 is 34.8 Å². The van der Waals surface area contributed by atoms with Crippen LogP contribution in [0.25, 0.3) is 0 Å². The monoisotopic (exact) mass is 324 g/mol. The molecule has 0 N–H and O–H groups in total. The molecule has 19 heavy (non-hydrogen) atoms. The Hall–Kier alpha value is -0.900. The summed E-state index contributed by atoms with van der Waals surface area (Å²) in [4.78, 5) is 0. The second-order valence-corrected chi connectivity index (χ2v) is 5.02. The first kappa shape index (κ1) is 14.5. The molecule has 0 fully saturated rings. The summed E-state index contributed by atoms with van der Waals surface area (Å²) in [6.45, 7) is 0. The lowest BCUT2D eigenvalue weighted by Gasteiger charge is -2.14. The molecule has 0 aliphatic rings. The first-order valence-electron chi connectivity index (χ1n) is 5.14. The molecule has 0 nitrogen and oxygen atoms in total. The van der Waals surface area contributed by atoms with Crippen molar-refractivity contribution in [3.8, 4) is 0 Å². The quantitative estimate of drug-likeness (QED) is 0.488. The van der Waals surface area contributed by atoms with Crippen molar-refractivity contribution in [2.24, 2.45) is 0 Å². The zero-order valence-corrected chi connectivity index (χ0v) is 11.5.